The highest BCUT2D eigenvalue weighted by Crippen LogP contribution is 2.32. The molecule has 1 saturated carbocycles. The minimum absolute atomic E-state index is 0.0351. The Bertz CT molecular complexity index is 484. The van der Waals surface area contributed by atoms with Crippen LogP contribution < -0.4 is 0 Å². The van der Waals surface area contributed by atoms with Crippen molar-refractivity contribution in [1.82, 2.24) is 4.98 Å². The minimum Gasteiger partial charge on any atom is -0.303 e. The molecule has 1 heterocycles. The van der Waals surface area contributed by atoms with Crippen LogP contribution in [0.1, 0.15) is 19.3 Å². The van der Waals surface area contributed by atoms with Crippen molar-refractivity contribution in [1.29, 1.82) is 0 Å². The molecule has 0 N–H and O–H groups in total. The van der Waals surface area contributed by atoms with E-state index in [1.165, 1.54) is 12.3 Å². The molecule has 4 nitrogen and oxygen atoms in total. The highest BCUT2D eigenvalue weighted by Gasteiger charge is 2.32. The molecule has 0 bridgehead atoms. The zero-order chi connectivity index (χ0) is 12.3. The van der Waals surface area contributed by atoms with Gasteiger partial charge >= 0.3 is 0 Å². The maximum Gasteiger partial charge on any atom is 0.195 e. The first-order valence-electron chi connectivity index (χ1n) is 5.72. The molecule has 0 unspecified atom stereocenters. The third-order valence-electron chi connectivity index (χ3n) is 3.28. The number of rotatable bonds is 4. The predicted molar refractivity (Wildman–Crippen MR) is 63.2 cm³/mol. The van der Waals surface area contributed by atoms with Crippen molar-refractivity contribution in [2.45, 2.75) is 24.3 Å². The second kappa shape index (κ2) is 4.96. The normalized spacial score (nSPS) is 24.7. The first kappa shape index (κ1) is 12.2. The molecule has 2 rings (SSSR count). The van der Waals surface area contributed by atoms with Crippen molar-refractivity contribution in [3.05, 3.63) is 24.4 Å². The van der Waals surface area contributed by atoms with Crippen LogP contribution in [-0.4, -0.2) is 25.4 Å². The number of carbonyl (C=O) groups excluding carboxylic acids is 1. The number of sulfone groups is 1. The number of aromatic nitrogens is 1. The summed E-state index contributed by atoms with van der Waals surface area (Å²) in [7, 11) is -3.36. The van der Waals surface area contributed by atoms with Crippen molar-refractivity contribution in [2.75, 3.05) is 5.75 Å². The second-order valence-electron chi connectivity index (χ2n) is 4.44. The average molecular weight is 253 g/mol. The molecule has 5 heteroatoms. The third-order valence-corrected chi connectivity index (χ3v) is 5.03. The summed E-state index contributed by atoms with van der Waals surface area (Å²) in [6.07, 6.45) is 4.93. The van der Waals surface area contributed by atoms with Crippen LogP contribution in [0.2, 0.25) is 0 Å². The molecule has 0 spiro atoms. The molecule has 1 aliphatic carbocycles. The number of nitrogens with zero attached hydrogens (tertiary/aromatic N) is 1. The highest BCUT2D eigenvalue weighted by atomic mass is 32.2. The minimum atomic E-state index is -3.36. The summed E-state index contributed by atoms with van der Waals surface area (Å²) in [5.41, 5.74) is 0. The average Bonchev–Trinajstić information content (AvgIpc) is 2.77. The standard InChI is InChI=1S/C12H15NO3S/c14-8-10-4-3-5-11(10)9-17(15,16)12-6-1-2-7-13-12/h1-2,6-8,10-11H,3-5,9H2/t10-,11-/m1/s1. The number of pyridine rings is 1. The lowest BCUT2D eigenvalue weighted by atomic mass is 10.0. The molecule has 1 aromatic heterocycles. The quantitative estimate of drug-likeness (QED) is 0.762. The van der Waals surface area contributed by atoms with Gasteiger partial charge in [0.25, 0.3) is 0 Å². The maximum atomic E-state index is 12.1. The molecule has 17 heavy (non-hydrogen) atoms. The molecule has 0 saturated heterocycles. The van der Waals surface area contributed by atoms with E-state index in [1.807, 2.05) is 0 Å². The smallest absolute Gasteiger partial charge is 0.195 e. The van der Waals surface area contributed by atoms with Crippen LogP contribution in [0.4, 0.5) is 0 Å². The summed E-state index contributed by atoms with van der Waals surface area (Å²) in [5.74, 6) is -0.110. The lowest BCUT2D eigenvalue weighted by Crippen LogP contribution is -2.21. The van der Waals surface area contributed by atoms with Crippen molar-refractivity contribution < 1.29 is 13.2 Å². The van der Waals surface area contributed by atoms with Gasteiger partial charge in [0.2, 0.25) is 0 Å². The number of aldehydes is 1. The summed E-state index contributed by atoms with van der Waals surface area (Å²) in [6, 6.07) is 4.84. The fourth-order valence-corrected chi connectivity index (χ4v) is 4.01. The van der Waals surface area contributed by atoms with Crippen molar-refractivity contribution >= 4 is 16.1 Å². The summed E-state index contributed by atoms with van der Waals surface area (Å²) < 4.78 is 24.1. The molecule has 2 atom stereocenters. The topological polar surface area (TPSA) is 64.1 Å². The molecule has 1 aliphatic rings. The fraction of sp³-hybridized carbons (Fsp3) is 0.500. The van der Waals surface area contributed by atoms with Gasteiger partial charge in [-0.3, -0.25) is 0 Å². The Morgan fingerprint density at radius 2 is 2.18 bits per heavy atom. The fourth-order valence-electron chi connectivity index (χ4n) is 2.35. The zero-order valence-electron chi connectivity index (χ0n) is 9.45. The van der Waals surface area contributed by atoms with E-state index in [0.29, 0.717) is 0 Å². The molecule has 92 valence electrons. The Kier molecular flexibility index (Phi) is 3.57. The van der Waals surface area contributed by atoms with E-state index in [9.17, 15) is 13.2 Å². The monoisotopic (exact) mass is 253 g/mol. The van der Waals surface area contributed by atoms with Crippen LogP contribution in [0.3, 0.4) is 0 Å². The van der Waals surface area contributed by atoms with Gasteiger partial charge in [-0.25, -0.2) is 13.4 Å². The van der Waals surface area contributed by atoms with Crippen LogP contribution in [0.25, 0.3) is 0 Å². The van der Waals surface area contributed by atoms with Crippen LogP contribution in [-0.2, 0) is 14.6 Å². The lowest BCUT2D eigenvalue weighted by molar-refractivity contribution is -0.111. The molecule has 0 radical (unpaired) electrons. The zero-order valence-corrected chi connectivity index (χ0v) is 10.3. The van der Waals surface area contributed by atoms with Crippen LogP contribution in [0, 0.1) is 11.8 Å². The van der Waals surface area contributed by atoms with E-state index in [4.69, 9.17) is 0 Å². The predicted octanol–water partition coefficient (Wildman–Crippen LogP) is 1.47. The van der Waals surface area contributed by atoms with Gasteiger partial charge in [-0.2, -0.15) is 0 Å². The van der Waals surface area contributed by atoms with Gasteiger partial charge in [0.05, 0.1) is 5.75 Å². The Morgan fingerprint density at radius 1 is 1.35 bits per heavy atom. The van der Waals surface area contributed by atoms with Gasteiger partial charge in [-0.1, -0.05) is 12.5 Å². The molecule has 1 aromatic rings. The van der Waals surface area contributed by atoms with Crippen LogP contribution in [0.5, 0.6) is 0 Å². The van der Waals surface area contributed by atoms with Gasteiger partial charge in [0, 0.05) is 12.1 Å². The van der Waals surface area contributed by atoms with E-state index in [-0.39, 0.29) is 22.6 Å². The SMILES string of the molecule is O=C[C@H]1CCC[C@@H]1CS(=O)(=O)c1ccccn1. The molecule has 1 fully saturated rings. The summed E-state index contributed by atoms with van der Waals surface area (Å²) in [4.78, 5) is 14.7. The molecule has 0 aliphatic heterocycles. The largest absolute Gasteiger partial charge is 0.303 e. The van der Waals surface area contributed by atoms with E-state index >= 15 is 0 Å². The van der Waals surface area contributed by atoms with Crippen LogP contribution >= 0.6 is 0 Å². The Labute approximate surface area is 101 Å². The first-order chi connectivity index (χ1) is 8.13. The van der Waals surface area contributed by atoms with E-state index in [1.54, 1.807) is 12.1 Å². The summed E-state index contributed by atoms with van der Waals surface area (Å²) >= 11 is 0. The van der Waals surface area contributed by atoms with Gasteiger partial charge < -0.3 is 4.79 Å². The van der Waals surface area contributed by atoms with Gasteiger partial charge in [-0.05, 0) is 30.9 Å². The molecule has 0 aromatic carbocycles. The maximum absolute atomic E-state index is 12.1. The lowest BCUT2D eigenvalue weighted by Gasteiger charge is -2.13. The van der Waals surface area contributed by atoms with E-state index in [0.717, 1.165) is 25.5 Å². The Morgan fingerprint density at radius 3 is 2.82 bits per heavy atom. The Balaban J connectivity index is 2.15. The van der Waals surface area contributed by atoms with E-state index in [2.05, 4.69) is 4.98 Å². The number of carbonyl (C=O) groups is 1. The molecule has 0 amide bonds. The molecular formula is C12H15NO3S. The second-order valence-corrected chi connectivity index (χ2v) is 6.42. The third kappa shape index (κ3) is 2.72. The van der Waals surface area contributed by atoms with Gasteiger partial charge in [-0.15, -0.1) is 0 Å². The first-order valence-corrected chi connectivity index (χ1v) is 7.38. The van der Waals surface area contributed by atoms with Gasteiger partial charge in [0.15, 0.2) is 14.9 Å². The Hall–Kier alpha value is -1.23. The van der Waals surface area contributed by atoms with E-state index < -0.39 is 9.84 Å². The number of hydrogen-bond donors (Lipinski definition) is 0. The summed E-state index contributed by atoms with van der Waals surface area (Å²) in [5, 5.41) is 0.108. The highest BCUT2D eigenvalue weighted by molar-refractivity contribution is 7.91. The molecular weight excluding hydrogens is 238 g/mol. The summed E-state index contributed by atoms with van der Waals surface area (Å²) in [6.45, 7) is 0. The van der Waals surface area contributed by atoms with Crippen LogP contribution in [0.15, 0.2) is 29.4 Å². The van der Waals surface area contributed by atoms with Crippen molar-refractivity contribution in [3.8, 4) is 0 Å². The van der Waals surface area contributed by atoms with Crippen molar-refractivity contribution in [3.63, 3.8) is 0 Å². The number of hydrogen-bond acceptors (Lipinski definition) is 4. The van der Waals surface area contributed by atoms with Crippen molar-refractivity contribution in [2.24, 2.45) is 11.8 Å². The van der Waals surface area contributed by atoms with Gasteiger partial charge in [0.1, 0.15) is 6.29 Å².